The molecule has 1 aliphatic heterocycles. The van der Waals surface area contributed by atoms with Crippen LogP contribution < -0.4 is 9.47 Å². The number of para-hydroxylation sites is 2. The fourth-order valence-electron chi connectivity index (χ4n) is 2.03. The van der Waals surface area contributed by atoms with Crippen molar-refractivity contribution in [1.82, 2.24) is 4.90 Å². The summed E-state index contributed by atoms with van der Waals surface area (Å²) in [4.78, 5) is 2.05. The third-order valence-corrected chi connectivity index (χ3v) is 2.66. The van der Waals surface area contributed by atoms with Gasteiger partial charge in [-0.05, 0) is 26.1 Å². The predicted molar refractivity (Wildman–Crippen MR) is 65.5 cm³/mol. The lowest BCUT2D eigenvalue weighted by atomic mass is 10.2. The summed E-state index contributed by atoms with van der Waals surface area (Å²) in [6.07, 6.45) is -0.301. The molecule has 2 atom stereocenters. The largest absolute Gasteiger partial charge is 0.486 e. The van der Waals surface area contributed by atoms with Crippen molar-refractivity contribution < 1.29 is 14.6 Å². The first-order valence-corrected chi connectivity index (χ1v) is 5.90. The molecular formula is C13H19NO3. The second-order valence-corrected chi connectivity index (χ2v) is 4.57. The average Bonchev–Trinajstić information content (AvgIpc) is 2.27. The van der Waals surface area contributed by atoms with Crippen molar-refractivity contribution in [2.45, 2.75) is 19.1 Å². The number of fused-ring (bicyclic) bond motifs is 1. The van der Waals surface area contributed by atoms with Crippen LogP contribution in [0.15, 0.2) is 24.3 Å². The van der Waals surface area contributed by atoms with E-state index < -0.39 is 0 Å². The van der Waals surface area contributed by atoms with Crippen molar-refractivity contribution in [2.24, 2.45) is 0 Å². The van der Waals surface area contributed by atoms with Gasteiger partial charge in [0.25, 0.3) is 0 Å². The van der Waals surface area contributed by atoms with Crippen LogP contribution in [0, 0.1) is 0 Å². The number of hydrogen-bond acceptors (Lipinski definition) is 4. The van der Waals surface area contributed by atoms with Gasteiger partial charge in [0.1, 0.15) is 12.7 Å². The van der Waals surface area contributed by atoms with Crippen LogP contribution >= 0.6 is 0 Å². The molecule has 1 heterocycles. The van der Waals surface area contributed by atoms with E-state index in [-0.39, 0.29) is 12.2 Å². The molecule has 2 rings (SSSR count). The van der Waals surface area contributed by atoms with E-state index in [2.05, 4.69) is 0 Å². The molecule has 17 heavy (non-hydrogen) atoms. The molecule has 1 aromatic carbocycles. The zero-order valence-corrected chi connectivity index (χ0v) is 10.3. The van der Waals surface area contributed by atoms with Gasteiger partial charge in [-0.2, -0.15) is 0 Å². The maximum Gasteiger partial charge on any atom is 0.161 e. The Morgan fingerprint density at radius 1 is 1.41 bits per heavy atom. The van der Waals surface area contributed by atoms with E-state index in [9.17, 15) is 5.11 Å². The zero-order valence-electron chi connectivity index (χ0n) is 10.3. The van der Waals surface area contributed by atoms with E-state index in [1.807, 2.05) is 36.2 Å². The van der Waals surface area contributed by atoms with Crippen molar-refractivity contribution in [3.63, 3.8) is 0 Å². The van der Waals surface area contributed by atoms with Crippen LogP contribution in [0.2, 0.25) is 0 Å². The van der Waals surface area contributed by atoms with E-state index >= 15 is 0 Å². The Kier molecular flexibility index (Phi) is 3.86. The van der Waals surface area contributed by atoms with Gasteiger partial charge >= 0.3 is 0 Å². The quantitative estimate of drug-likeness (QED) is 0.852. The highest BCUT2D eigenvalue weighted by Gasteiger charge is 2.21. The number of ether oxygens (including phenoxy) is 2. The van der Waals surface area contributed by atoms with Crippen molar-refractivity contribution in [2.75, 3.05) is 26.7 Å². The molecule has 1 N–H and O–H groups in total. The molecule has 4 nitrogen and oxygen atoms in total. The molecule has 1 aromatic rings. The number of aliphatic hydroxyl groups is 1. The molecule has 94 valence electrons. The summed E-state index contributed by atoms with van der Waals surface area (Å²) in [6, 6.07) is 7.69. The summed E-state index contributed by atoms with van der Waals surface area (Å²) in [7, 11) is 1.97. The normalized spacial score (nSPS) is 20.4. The Bertz CT molecular complexity index is 367. The minimum Gasteiger partial charge on any atom is -0.486 e. The zero-order chi connectivity index (χ0) is 12.3. The van der Waals surface area contributed by atoms with Crippen molar-refractivity contribution >= 4 is 0 Å². The van der Waals surface area contributed by atoms with Gasteiger partial charge in [-0.25, -0.2) is 0 Å². The van der Waals surface area contributed by atoms with E-state index in [1.54, 1.807) is 6.92 Å². The van der Waals surface area contributed by atoms with E-state index in [1.165, 1.54) is 0 Å². The average molecular weight is 237 g/mol. The molecule has 0 aromatic heterocycles. The smallest absolute Gasteiger partial charge is 0.161 e. The summed E-state index contributed by atoms with van der Waals surface area (Å²) < 4.78 is 11.5. The highest BCUT2D eigenvalue weighted by Crippen LogP contribution is 2.30. The third-order valence-electron chi connectivity index (χ3n) is 2.66. The first-order valence-electron chi connectivity index (χ1n) is 5.90. The number of hydrogen-bond donors (Lipinski definition) is 1. The molecule has 4 heteroatoms. The lowest BCUT2D eigenvalue weighted by molar-refractivity contribution is 0.0524. The maximum absolute atomic E-state index is 9.30. The summed E-state index contributed by atoms with van der Waals surface area (Å²) in [5, 5.41) is 9.30. The van der Waals surface area contributed by atoms with E-state index in [0.717, 1.165) is 18.0 Å². The van der Waals surface area contributed by atoms with Gasteiger partial charge in [0.15, 0.2) is 11.5 Å². The molecule has 0 fully saturated rings. The Morgan fingerprint density at radius 2 is 2.12 bits per heavy atom. The number of rotatable bonds is 4. The van der Waals surface area contributed by atoms with E-state index in [0.29, 0.717) is 13.2 Å². The van der Waals surface area contributed by atoms with Gasteiger partial charge in [-0.3, -0.25) is 4.90 Å². The monoisotopic (exact) mass is 237 g/mol. The topological polar surface area (TPSA) is 41.9 Å². The second kappa shape index (κ2) is 5.38. The predicted octanol–water partition coefficient (Wildman–Crippen LogP) is 1.14. The van der Waals surface area contributed by atoms with E-state index in [4.69, 9.17) is 9.47 Å². The summed E-state index contributed by atoms with van der Waals surface area (Å²) in [5.74, 6) is 1.61. The maximum atomic E-state index is 9.30. The van der Waals surface area contributed by atoms with Crippen molar-refractivity contribution in [3.8, 4) is 11.5 Å². The van der Waals surface area contributed by atoms with Crippen LogP contribution in [-0.4, -0.2) is 49.0 Å². The van der Waals surface area contributed by atoms with Crippen LogP contribution in [0.5, 0.6) is 11.5 Å². The van der Waals surface area contributed by atoms with Crippen molar-refractivity contribution in [1.29, 1.82) is 0 Å². The van der Waals surface area contributed by atoms with Crippen LogP contribution in [0.25, 0.3) is 0 Å². The number of nitrogens with zero attached hydrogens (tertiary/aromatic N) is 1. The third kappa shape index (κ3) is 3.35. The fourth-order valence-corrected chi connectivity index (χ4v) is 2.03. The summed E-state index contributed by atoms with van der Waals surface area (Å²) in [6.45, 7) is 3.73. The molecule has 1 aliphatic rings. The summed E-state index contributed by atoms with van der Waals surface area (Å²) >= 11 is 0. The molecule has 0 aliphatic carbocycles. The van der Waals surface area contributed by atoms with Gasteiger partial charge in [-0.1, -0.05) is 12.1 Å². The minimum absolute atomic E-state index is 0.0219. The number of likely N-dealkylation sites (N-methyl/N-ethyl adjacent to an activating group) is 1. The standard InChI is InChI=1S/C13H19NO3/c1-10(15)7-14(2)8-11-9-16-12-5-3-4-6-13(12)17-11/h3-6,10-11,15H,7-9H2,1-2H3/t10-,11-/m0/s1. The first-order chi connectivity index (χ1) is 8.15. The molecule has 0 radical (unpaired) electrons. The van der Waals surface area contributed by atoms with Gasteiger partial charge in [0.05, 0.1) is 6.10 Å². The highest BCUT2D eigenvalue weighted by molar-refractivity contribution is 5.40. The van der Waals surface area contributed by atoms with Crippen molar-refractivity contribution in [3.05, 3.63) is 24.3 Å². The van der Waals surface area contributed by atoms with Gasteiger partial charge < -0.3 is 14.6 Å². The summed E-state index contributed by atoms with van der Waals surface area (Å²) in [5.41, 5.74) is 0. The number of aliphatic hydroxyl groups excluding tert-OH is 1. The molecule has 0 amide bonds. The minimum atomic E-state index is -0.322. The van der Waals surface area contributed by atoms with Gasteiger partial charge in [-0.15, -0.1) is 0 Å². The van der Waals surface area contributed by atoms with Crippen LogP contribution in [0.4, 0.5) is 0 Å². The molecule has 0 saturated carbocycles. The molecule has 0 saturated heterocycles. The number of benzene rings is 1. The lowest BCUT2D eigenvalue weighted by Crippen LogP contribution is -2.41. The highest BCUT2D eigenvalue weighted by atomic mass is 16.6. The van der Waals surface area contributed by atoms with Gasteiger partial charge in [0, 0.05) is 13.1 Å². The fraction of sp³-hybridized carbons (Fsp3) is 0.538. The van der Waals surface area contributed by atoms with Crippen LogP contribution in [-0.2, 0) is 0 Å². The molecular weight excluding hydrogens is 218 g/mol. The second-order valence-electron chi connectivity index (χ2n) is 4.57. The van der Waals surface area contributed by atoms with Crippen LogP contribution in [0.3, 0.4) is 0 Å². The first kappa shape index (κ1) is 12.2. The van der Waals surface area contributed by atoms with Crippen LogP contribution in [0.1, 0.15) is 6.92 Å². The lowest BCUT2D eigenvalue weighted by Gasteiger charge is -2.29. The molecule has 0 spiro atoms. The molecule has 0 bridgehead atoms. The Morgan fingerprint density at radius 3 is 2.82 bits per heavy atom. The SMILES string of the molecule is C[C@H](O)CN(C)C[C@H]1COc2ccccc2O1. The Balaban J connectivity index is 1.90. The Labute approximate surface area is 102 Å². The molecule has 0 unspecified atom stereocenters. The van der Waals surface area contributed by atoms with Gasteiger partial charge in [0.2, 0.25) is 0 Å². The Hall–Kier alpha value is -1.26.